The molecular formula is C16H20ClN3. The van der Waals surface area contributed by atoms with E-state index in [-0.39, 0.29) is 0 Å². The maximum Gasteiger partial charge on any atom is 0.0761 e. The van der Waals surface area contributed by atoms with Gasteiger partial charge in [0, 0.05) is 35.2 Å². The van der Waals surface area contributed by atoms with E-state index >= 15 is 0 Å². The first-order chi connectivity index (χ1) is 9.74. The first-order valence-electron chi connectivity index (χ1n) is 7.25. The summed E-state index contributed by atoms with van der Waals surface area (Å²) in [5.41, 5.74) is 8.15. The van der Waals surface area contributed by atoms with Crippen LogP contribution in [0.4, 0.5) is 0 Å². The molecule has 3 nitrogen and oxygen atoms in total. The number of halogens is 1. The van der Waals surface area contributed by atoms with Gasteiger partial charge in [-0.25, -0.2) is 0 Å². The Morgan fingerprint density at radius 3 is 2.80 bits per heavy atom. The Kier molecular flexibility index (Phi) is 4.20. The van der Waals surface area contributed by atoms with Gasteiger partial charge in [-0.2, -0.15) is 0 Å². The predicted octanol–water partition coefficient (Wildman–Crippen LogP) is 3.25. The second-order valence-corrected chi connectivity index (χ2v) is 6.01. The van der Waals surface area contributed by atoms with Gasteiger partial charge in [-0.1, -0.05) is 17.7 Å². The number of benzene rings is 1. The zero-order valence-corrected chi connectivity index (χ0v) is 12.2. The number of hydrogen-bond donors (Lipinski definition) is 2. The Morgan fingerprint density at radius 2 is 2.00 bits per heavy atom. The fourth-order valence-corrected chi connectivity index (χ4v) is 3.13. The second-order valence-electron chi connectivity index (χ2n) is 5.60. The largest absolute Gasteiger partial charge is 0.328 e. The summed E-state index contributed by atoms with van der Waals surface area (Å²) in [4.78, 5) is 4.47. The van der Waals surface area contributed by atoms with Crippen LogP contribution in [0.1, 0.15) is 31.2 Å². The van der Waals surface area contributed by atoms with Crippen molar-refractivity contribution < 1.29 is 0 Å². The van der Waals surface area contributed by atoms with Crippen LogP contribution in [0.2, 0.25) is 5.02 Å². The van der Waals surface area contributed by atoms with Crippen molar-refractivity contribution in [1.82, 2.24) is 10.3 Å². The average Bonchev–Trinajstić information content (AvgIpc) is 2.49. The van der Waals surface area contributed by atoms with Gasteiger partial charge >= 0.3 is 0 Å². The maximum atomic E-state index is 6.22. The lowest BCUT2D eigenvalue weighted by Crippen LogP contribution is -2.37. The summed E-state index contributed by atoms with van der Waals surface area (Å²) in [7, 11) is 0. The molecule has 0 aliphatic heterocycles. The van der Waals surface area contributed by atoms with Gasteiger partial charge in [0.2, 0.25) is 0 Å². The molecular weight excluding hydrogens is 270 g/mol. The third kappa shape index (κ3) is 2.95. The SMILES string of the molecule is NC1CCC(NCc2ccc(Cl)c3cccnc23)CC1. The number of nitrogens with two attached hydrogens (primary N) is 1. The van der Waals surface area contributed by atoms with Gasteiger partial charge in [-0.15, -0.1) is 0 Å². The van der Waals surface area contributed by atoms with Crippen LogP contribution in [0.15, 0.2) is 30.5 Å². The van der Waals surface area contributed by atoms with Crippen LogP contribution in [0.3, 0.4) is 0 Å². The maximum absolute atomic E-state index is 6.22. The molecule has 20 heavy (non-hydrogen) atoms. The molecule has 1 fully saturated rings. The first-order valence-corrected chi connectivity index (χ1v) is 7.63. The van der Waals surface area contributed by atoms with E-state index in [2.05, 4.69) is 16.4 Å². The number of fused-ring (bicyclic) bond motifs is 1. The highest BCUT2D eigenvalue weighted by Gasteiger charge is 2.18. The molecule has 3 rings (SSSR count). The summed E-state index contributed by atoms with van der Waals surface area (Å²) >= 11 is 6.22. The minimum absolute atomic E-state index is 0.395. The summed E-state index contributed by atoms with van der Waals surface area (Å²) in [5.74, 6) is 0. The molecule has 0 saturated heterocycles. The average molecular weight is 290 g/mol. The van der Waals surface area contributed by atoms with E-state index < -0.39 is 0 Å². The molecule has 1 heterocycles. The van der Waals surface area contributed by atoms with Crippen molar-refractivity contribution >= 4 is 22.5 Å². The Balaban J connectivity index is 1.73. The van der Waals surface area contributed by atoms with Crippen LogP contribution in [-0.2, 0) is 6.54 Å². The van der Waals surface area contributed by atoms with E-state index in [1.165, 1.54) is 18.4 Å². The fraction of sp³-hybridized carbons (Fsp3) is 0.438. The number of pyridine rings is 1. The molecule has 3 N–H and O–H groups in total. The zero-order valence-electron chi connectivity index (χ0n) is 11.5. The van der Waals surface area contributed by atoms with Crippen molar-refractivity contribution in [3.05, 3.63) is 41.0 Å². The number of aromatic nitrogens is 1. The van der Waals surface area contributed by atoms with Crippen molar-refractivity contribution in [2.75, 3.05) is 0 Å². The molecule has 0 atom stereocenters. The van der Waals surface area contributed by atoms with Crippen LogP contribution in [-0.4, -0.2) is 17.1 Å². The summed E-state index contributed by atoms with van der Waals surface area (Å²) in [6.45, 7) is 0.838. The Bertz CT molecular complexity index is 591. The number of hydrogen-bond acceptors (Lipinski definition) is 3. The molecule has 0 radical (unpaired) electrons. The molecule has 1 saturated carbocycles. The topological polar surface area (TPSA) is 50.9 Å². The fourth-order valence-electron chi connectivity index (χ4n) is 2.92. The number of rotatable bonds is 3. The Morgan fingerprint density at radius 1 is 1.20 bits per heavy atom. The highest BCUT2D eigenvalue weighted by Crippen LogP contribution is 2.25. The third-order valence-corrected chi connectivity index (χ3v) is 4.48. The molecule has 4 heteroatoms. The van der Waals surface area contributed by atoms with Gasteiger partial charge in [0.25, 0.3) is 0 Å². The van der Waals surface area contributed by atoms with E-state index in [1.54, 1.807) is 0 Å². The lowest BCUT2D eigenvalue weighted by Gasteiger charge is -2.27. The van der Waals surface area contributed by atoms with Gasteiger partial charge in [0.15, 0.2) is 0 Å². The van der Waals surface area contributed by atoms with Crippen molar-refractivity contribution in [3.8, 4) is 0 Å². The highest BCUT2D eigenvalue weighted by atomic mass is 35.5. The number of nitrogens with zero attached hydrogens (tertiary/aromatic N) is 1. The molecule has 0 amide bonds. The summed E-state index contributed by atoms with van der Waals surface area (Å²) in [5, 5.41) is 5.42. The second kappa shape index (κ2) is 6.08. The van der Waals surface area contributed by atoms with Gasteiger partial charge in [-0.05, 0) is 49.4 Å². The molecule has 0 spiro atoms. The predicted molar refractivity (Wildman–Crippen MR) is 83.8 cm³/mol. The number of nitrogens with one attached hydrogen (secondary N) is 1. The zero-order chi connectivity index (χ0) is 13.9. The van der Waals surface area contributed by atoms with Crippen molar-refractivity contribution in [3.63, 3.8) is 0 Å². The Hall–Kier alpha value is -1.16. The first kappa shape index (κ1) is 13.8. The lowest BCUT2D eigenvalue weighted by atomic mass is 9.91. The minimum Gasteiger partial charge on any atom is -0.328 e. The highest BCUT2D eigenvalue weighted by molar-refractivity contribution is 6.35. The van der Waals surface area contributed by atoms with Crippen LogP contribution >= 0.6 is 11.6 Å². The van der Waals surface area contributed by atoms with E-state index in [1.807, 2.05) is 24.4 Å². The van der Waals surface area contributed by atoms with E-state index in [0.29, 0.717) is 12.1 Å². The van der Waals surface area contributed by atoms with Gasteiger partial charge in [0.05, 0.1) is 5.52 Å². The molecule has 0 unspecified atom stereocenters. The van der Waals surface area contributed by atoms with Crippen LogP contribution in [0.25, 0.3) is 10.9 Å². The standard InChI is InChI=1S/C16H20ClN3/c17-15-8-3-11(16-14(15)2-1-9-19-16)10-20-13-6-4-12(18)5-7-13/h1-3,8-9,12-13,20H,4-7,10,18H2. The normalized spacial score (nSPS) is 23.1. The summed E-state index contributed by atoms with van der Waals surface area (Å²) in [6.07, 6.45) is 6.40. The summed E-state index contributed by atoms with van der Waals surface area (Å²) < 4.78 is 0. The molecule has 106 valence electrons. The molecule has 1 aromatic heterocycles. The smallest absolute Gasteiger partial charge is 0.0761 e. The van der Waals surface area contributed by atoms with Gasteiger partial charge in [0.1, 0.15) is 0 Å². The van der Waals surface area contributed by atoms with Gasteiger partial charge in [-0.3, -0.25) is 4.98 Å². The van der Waals surface area contributed by atoms with E-state index in [4.69, 9.17) is 17.3 Å². The monoisotopic (exact) mass is 289 g/mol. The van der Waals surface area contributed by atoms with Gasteiger partial charge < -0.3 is 11.1 Å². The molecule has 1 aromatic carbocycles. The van der Waals surface area contributed by atoms with Crippen molar-refractivity contribution in [1.29, 1.82) is 0 Å². The van der Waals surface area contributed by atoms with E-state index in [9.17, 15) is 0 Å². The van der Waals surface area contributed by atoms with Crippen molar-refractivity contribution in [2.24, 2.45) is 5.73 Å². The minimum atomic E-state index is 0.395. The van der Waals surface area contributed by atoms with Crippen LogP contribution in [0, 0.1) is 0 Å². The molecule has 1 aliphatic carbocycles. The van der Waals surface area contributed by atoms with Crippen LogP contribution in [0.5, 0.6) is 0 Å². The lowest BCUT2D eigenvalue weighted by molar-refractivity contribution is 0.342. The molecule has 2 aromatic rings. The molecule has 0 bridgehead atoms. The third-order valence-electron chi connectivity index (χ3n) is 4.15. The van der Waals surface area contributed by atoms with Crippen LogP contribution < -0.4 is 11.1 Å². The van der Waals surface area contributed by atoms with Crippen molar-refractivity contribution in [2.45, 2.75) is 44.3 Å². The van der Waals surface area contributed by atoms with E-state index in [0.717, 1.165) is 35.3 Å². The molecule has 1 aliphatic rings. The Labute approximate surface area is 124 Å². The quantitative estimate of drug-likeness (QED) is 0.912. The summed E-state index contributed by atoms with van der Waals surface area (Å²) in [6, 6.07) is 8.94.